The van der Waals surface area contributed by atoms with Gasteiger partial charge in [-0.1, -0.05) is 30.3 Å². The minimum Gasteiger partial charge on any atom is -0.309 e. The zero-order valence-electron chi connectivity index (χ0n) is 13.9. The summed E-state index contributed by atoms with van der Waals surface area (Å²) in [5, 5.41) is 3.76. The Morgan fingerprint density at radius 3 is 2.67 bits per heavy atom. The van der Waals surface area contributed by atoms with Crippen LogP contribution in [0, 0.1) is 0 Å². The number of nitrogens with zero attached hydrogens (tertiary/aromatic N) is 2. The van der Waals surface area contributed by atoms with Crippen molar-refractivity contribution >= 4 is 0 Å². The van der Waals surface area contributed by atoms with Crippen molar-refractivity contribution in [2.75, 3.05) is 46.8 Å². The van der Waals surface area contributed by atoms with Crippen LogP contribution < -0.4 is 5.32 Å². The minimum absolute atomic E-state index is 0.0826. The smallest absolute Gasteiger partial charge is 0.0534 e. The maximum atomic E-state index is 3.76. The molecule has 118 valence electrons. The molecule has 1 atom stereocenters. The lowest BCUT2D eigenvalue weighted by Gasteiger charge is -2.34. The van der Waals surface area contributed by atoms with E-state index in [1.54, 1.807) is 0 Å². The van der Waals surface area contributed by atoms with Crippen molar-refractivity contribution in [1.29, 1.82) is 0 Å². The maximum absolute atomic E-state index is 3.76. The molecule has 0 aliphatic carbocycles. The fourth-order valence-corrected chi connectivity index (χ4v) is 3.20. The Morgan fingerprint density at radius 1 is 1.19 bits per heavy atom. The Kier molecular flexibility index (Phi) is 6.22. The first-order valence-electron chi connectivity index (χ1n) is 8.28. The zero-order valence-corrected chi connectivity index (χ0v) is 13.9. The molecule has 2 rings (SSSR count). The summed E-state index contributed by atoms with van der Waals surface area (Å²) in [6.45, 7) is 8.20. The molecule has 1 N–H and O–H groups in total. The SMILES string of the molecule is CN(C)CCCCN1CCCNC(C)(c2ccccc2)C1. The lowest BCUT2D eigenvalue weighted by Crippen LogP contribution is -2.46. The van der Waals surface area contributed by atoms with Crippen molar-refractivity contribution in [3.05, 3.63) is 35.9 Å². The first-order valence-corrected chi connectivity index (χ1v) is 8.28. The van der Waals surface area contributed by atoms with Crippen LogP contribution >= 0.6 is 0 Å². The van der Waals surface area contributed by atoms with Crippen molar-refractivity contribution in [2.45, 2.75) is 31.7 Å². The van der Waals surface area contributed by atoms with Gasteiger partial charge in [-0.3, -0.25) is 0 Å². The monoisotopic (exact) mass is 289 g/mol. The molecule has 1 heterocycles. The Hall–Kier alpha value is -0.900. The van der Waals surface area contributed by atoms with E-state index in [0.717, 1.165) is 13.1 Å². The van der Waals surface area contributed by atoms with Crippen LogP contribution in [0.5, 0.6) is 0 Å². The molecule has 1 fully saturated rings. The molecule has 0 spiro atoms. The van der Waals surface area contributed by atoms with Gasteiger partial charge in [-0.25, -0.2) is 0 Å². The summed E-state index contributed by atoms with van der Waals surface area (Å²) < 4.78 is 0. The molecule has 21 heavy (non-hydrogen) atoms. The van der Waals surface area contributed by atoms with Gasteiger partial charge < -0.3 is 15.1 Å². The van der Waals surface area contributed by atoms with Crippen LogP contribution in [0.4, 0.5) is 0 Å². The molecule has 1 aliphatic rings. The molecule has 1 aromatic rings. The molecular weight excluding hydrogens is 258 g/mol. The third kappa shape index (κ3) is 5.10. The summed E-state index contributed by atoms with van der Waals surface area (Å²) in [5.74, 6) is 0. The van der Waals surface area contributed by atoms with E-state index in [1.165, 1.54) is 44.5 Å². The Balaban J connectivity index is 1.92. The lowest BCUT2D eigenvalue weighted by molar-refractivity contribution is 0.214. The standard InChI is InChI=1S/C18H31N3/c1-18(17-10-5-4-6-11-17)16-21(15-9-12-19-18)14-8-7-13-20(2)3/h4-6,10-11,19H,7-9,12-16H2,1-3H3. The van der Waals surface area contributed by atoms with E-state index in [2.05, 4.69) is 66.5 Å². The summed E-state index contributed by atoms with van der Waals surface area (Å²) >= 11 is 0. The van der Waals surface area contributed by atoms with Crippen molar-refractivity contribution in [1.82, 2.24) is 15.1 Å². The second-order valence-corrected chi connectivity index (χ2v) is 6.76. The predicted molar refractivity (Wildman–Crippen MR) is 90.6 cm³/mol. The van der Waals surface area contributed by atoms with Crippen molar-refractivity contribution in [3.63, 3.8) is 0 Å². The van der Waals surface area contributed by atoms with Crippen LogP contribution in [0.3, 0.4) is 0 Å². The van der Waals surface area contributed by atoms with Crippen LogP contribution in [-0.4, -0.2) is 56.6 Å². The quantitative estimate of drug-likeness (QED) is 0.812. The molecule has 3 heteroatoms. The molecule has 1 unspecified atom stereocenters. The molecule has 0 bridgehead atoms. The summed E-state index contributed by atoms with van der Waals surface area (Å²) in [4.78, 5) is 4.92. The summed E-state index contributed by atoms with van der Waals surface area (Å²) in [6, 6.07) is 10.9. The zero-order chi connectivity index (χ0) is 15.1. The third-order valence-electron chi connectivity index (χ3n) is 4.45. The van der Waals surface area contributed by atoms with Crippen molar-refractivity contribution in [3.8, 4) is 0 Å². The van der Waals surface area contributed by atoms with E-state index in [1.807, 2.05) is 0 Å². The average Bonchev–Trinajstić information content (AvgIpc) is 2.67. The Labute approximate surface area is 130 Å². The molecule has 0 radical (unpaired) electrons. The molecule has 0 saturated carbocycles. The average molecular weight is 289 g/mol. The molecule has 0 aromatic heterocycles. The number of nitrogens with one attached hydrogen (secondary N) is 1. The lowest BCUT2D eigenvalue weighted by atomic mass is 9.91. The molecule has 0 amide bonds. The van der Waals surface area contributed by atoms with Crippen LogP contribution in [0.2, 0.25) is 0 Å². The summed E-state index contributed by atoms with van der Waals surface area (Å²) in [7, 11) is 4.31. The fraction of sp³-hybridized carbons (Fsp3) is 0.667. The van der Waals surface area contributed by atoms with E-state index in [9.17, 15) is 0 Å². The molecule has 1 saturated heterocycles. The van der Waals surface area contributed by atoms with E-state index in [0.29, 0.717) is 0 Å². The van der Waals surface area contributed by atoms with Gasteiger partial charge in [0.1, 0.15) is 0 Å². The maximum Gasteiger partial charge on any atom is 0.0534 e. The van der Waals surface area contributed by atoms with Gasteiger partial charge in [0.2, 0.25) is 0 Å². The van der Waals surface area contributed by atoms with Crippen molar-refractivity contribution in [2.24, 2.45) is 0 Å². The first kappa shape index (κ1) is 16.5. The summed E-state index contributed by atoms with van der Waals surface area (Å²) in [6.07, 6.45) is 3.83. The van der Waals surface area contributed by atoms with E-state index < -0.39 is 0 Å². The van der Waals surface area contributed by atoms with Crippen molar-refractivity contribution < 1.29 is 0 Å². The van der Waals surface area contributed by atoms with Gasteiger partial charge in [-0.2, -0.15) is 0 Å². The van der Waals surface area contributed by atoms with Crippen LogP contribution in [-0.2, 0) is 5.54 Å². The first-order chi connectivity index (χ1) is 10.1. The van der Waals surface area contributed by atoms with Gasteiger partial charge in [-0.05, 0) is 72.0 Å². The van der Waals surface area contributed by atoms with Gasteiger partial charge in [-0.15, -0.1) is 0 Å². The largest absolute Gasteiger partial charge is 0.309 e. The Morgan fingerprint density at radius 2 is 1.95 bits per heavy atom. The molecule has 3 nitrogen and oxygen atoms in total. The van der Waals surface area contributed by atoms with E-state index in [-0.39, 0.29) is 5.54 Å². The van der Waals surface area contributed by atoms with Gasteiger partial charge in [0.25, 0.3) is 0 Å². The minimum atomic E-state index is 0.0826. The summed E-state index contributed by atoms with van der Waals surface area (Å²) in [5.41, 5.74) is 1.49. The Bertz CT molecular complexity index is 404. The van der Waals surface area contributed by atoms with Gasteiger partial charge in [0, 0.05) is 6.54 Å². The second-order valence-electron chi connectivity index (χ2n) is 6.76. The highest BCUT2D eigenvalue weighted by atomic mass is 15.2. The molecular formula is C18H31N3. The normalized spacial score (nSPS) is 24.2. The number of hydrogen-bond acceptors (Lipinski definition) is 3. The van der Waals surface area contributed by atoms with E-state index in [4.69, 9.17) is 0 Å². The highest BCUT2D eigenvalue weighted by Gasteiger charge is 2.30. The third-order valence-corrected chi connectivity index (χ3v) is 4.45. The molecule has 1 aromatic carbocycles. The highest BCUT2D eigenvalue weighted by molar-refractivity contribution is 5.24. The number of hydrogen-bond donors (Lipinski definition) is 1. The van der Waals surface area contributed by atoms with Crippen LogP contribution in [0.1, 0.15) is 31.7 Å². The van der Waals surface area contributed by atoms with Crippen LogP contribution in [0.25, 0.3) is 0 Å². The topological polar surface area (TPSA) is 18.5 Å². The number of benzene rings is 1. The molecule has 1 aliphatic heterocycles. The van der Waals surface area contributed by atoms with E-state index >= 15 is 0 Å². The second kappa shape index (κ2) is 7.92. The fourth-order valence-electron chi connectivity index (χ4n) is 3.20. The van der Waals surface area contributed by atoms with Gasteiger partial charge >= 0.3 is 0 Å². The van der Waals surface area contributed by atoms with Crippen LogP contribution in [0.15, 0.2) is 30.3 Å². The number of rotatable bonds is 6. The van der Waals surface area contributed by atoms with Gasteiger partial charge in [0.15, 0.2) is 0 Å². The van der Waals surface area contributed by atoms with Gasteiger partial charge in [0.05, 0.1) is 5.54 Å². The highest BCUT2D eigenvalue weighted by Crippen LogP contribution is 2.24. The predicted octanol–water partition coefficient (Wildman–Crippen LogP) is 2.54. The number of unbranched alkanes of at least 4 members (excludes halogenated alkanes) is 1.